The Hall–Kier alpha value is -2.35. The van der Waals surface area contributed by atoms with Crippen molar-refractivity contribution in [3.8, 4) is 0 Å². The maximum atomic E-state index is 13.1. The van der Waals surface area contributed by atoms with E-state index in [1.807, 2.05) is 19.2 Å². The van der Waals surface area contributed by atoms with Gasteiger partial charge < -0.3 is 25.8 Å². The zero-order valence-corrected chi connectivity index (χ0v) is 17.3. The number of nitrogens with one attached hydrogen (secondary N) is 1. The molecule has 0 aromatic heterocycles. The number of benzene rings is 1. The maximum absolute atomic E-state index is 13.1. The van der Waals surface area contributed by atoms with E-state index < -0.39 is 0 Å². The topological polar surface area (TPSA) is 77.2 Å². The van der Waals surface area contributed by atoms with E-state index in [4.69, 9.17) is 5.73 Å². The summed E-state index contributed by atoms with van der Waals surface area (Å²) in [6, 6.07) is 6.69. The molecule has 2 aliphatic heterocycles. The third-order valence-electron chi connectivity index (χ3n) is 5.82. The van der Waals surface area contributed by atoms with Crippen LogP contribution in [0.3, 0.4) is 0 Å². The van der Waals surface area contributed by atoms with Crippen LogP contribution in [0.4, 0.5) is 10.1 Å². The number of likely N-dealkylation sites (tertiary alicyclic amines) is 1. The van der Waals surface area contributed by atoms with Crippen LogP contribution in [0.1, 0.15) is 19.3 Å². The van der Waals surface area contributed by atoms with Gasteiger partial charge >= 0.3 is 0 Å². The second-order valence-corrected chi connectivity index (χ2v) is 7.82. The van der Waals surface area contributed by atoms with Crippen molar-refractivity contribution >= 4 is 17.6 Å². The third-order valence-corrected chi connectivity index (χ3v) is 5.82. The predicted molar refractivity (Wildman–Crippen MR) is 115 cm³/mol. The van der Waals surface area contributed by atoms with Crippen LogP contribution in [0.2, 0.25) is 0 Å². The monoisotopic (exact) mass is 404 g/mol. The summed E-state index contributed by atoms with van der Waals surface area (Å²) >= 11 is 0. The van der Waals surface area contributed by atoms with Crippen molar-refractivity contribution in [2.75, 3.05) is 64.3 Å². The number of piperazine rings is 1. The number of carbonyl (C=O) groups is 1. The Labute approximate surface area is 172 Å². The first-order valence-electron chi connectivity index (χ1n) is 10.5. The molecule has 0 spiro atoms. The standard InChI is InChI=1S/C21H33FN6O/c1-24-21(25-9-3-11-26-10-2-4-17(16-26)20(23)29)28-14-12-27(13-15-28)19-7-5-18(22)6-8-19/h5-8,17H,2-4,9-16H2,1H3,(H2,23,29)(H,24,25). The van der Waals surface area contributed by atoms with Gasteiger partial charge in [-0.3, -0.25) is 9.79 Å². The Kier molecular flexibility index (Phi) is 7.69. The van der Waals surface area contributed by atoms with Crippen LogP contribution >= 0.6 is 0 Å². The molecule has 3 N–H and O–H groups in total. The van der Waals surface area contributed by atoms with Crippen LogP contribution in [0, 0.1) is 11.7 Å². The number of guanidine groups is 1. The Morgan fingerprint density at radius 2 is 1.93 bits per heavy atom. The van der Waals surface area contributed by atoms with E-state index in [0.717, 1.165) is 83.3 Å². The van der Waals surface area contributed by atoms with Crippen molar-refractivity contribution in [2.24, 2.45) is 16.6 Å². The highest BCUT2D eigenvalue weighted by atomic mass is 19.1. The van der Waals surface area contributed by atoms with Crippen molar-refractivity contribution in [3.05, 3.63) is 30.1 Å². The lowest BCUT2D eigenvalue weighted by molar-refractivity contribution is -0.123. The molecule has 8 heteroatoms. The van der Waals surface area contributed by atoms with Gasteiger partial charge in [-0.15, -0.1) is 0 Å². The summed E-state index contributed by atoms with van der Waals surface area (Å²) in [5, 5.41) is 3.46. The Bertz CT molecular complexity index is 687. The quantitative estimate of drug-likeness (QED) is 0.422. The van der Waals surface area contributed by atoms with Crippen molar-refractivity contribution in [1.82, 2.24) is 15.1 Å². The molecule has 1 aromatic carbocycles. The molecular weight excluding hydrogens is 371 g/mol. The minimum atomic E-state index is -0.202. The smallest absolute Gasteiger partial charge is 0.221 e. The van der Waals surface area contributed by atoms with E-state index >= 15 is 0 Å². The van der Waals surface area contributed by atoms with E-state index in [9.17, 15) is 9.18 Å². The average molecular weight is 405 g/mol. The molecule has 2 heterocycles. The van der Waals surface area contributed by atoms with Gasteiger partial charge in [0.1, 0.15) is 5.82 Å². The number of piperidine rings is 1. The molecule has 1 atom stereocenters. The summed E-state index contributed by atoms with van der Waals surface area (Å²) in [5.74, 6) is 0.555. The summed E-state index contributed by atoms with van der Waals surface area (Å²) < 4.78 is 13.1. The van der Waals surface area contributed by atoms with Gasteiger partial charge in [-0.25, -0.2) is 4.39 Å². The van der Waals surface area contributed by atoms with Gasteiger partial charge in [-0.1, -0.05) is 0 Å². The van der Waals surface area contributed by atoms with Gasteiger partial charge in [0.15, 0.2) is 5.96 Å². The van der Waals surface area contributed by atoms with Crippen LogP contribution in [0.25, 0.3) is 0 Å². The van der Waals surface area contributed by atoms with Crippen LogP contribution in [-0.4, -0.2) is 81.1 Å². The second-order valence-electron chi connectivity index (χ2n) is 7.82. The first kappa shape index (κ1) is 21.4. The molecule has 1 aromatic rings. The van der Waals surface area contributed by atoms with Gasteiger partial charge in [-0.05, 0) is 56.6 Å². The molecule has 1 unspecified atom stereocenters. The fourth-order valence-corrected chi connectivity index (χ4v) is 4.15. The van der Waals surface area contributed by atoms with E-state index in [-0.39, 0.29) is 17.6 Å². The van der Waals surface area contributed by atoms with Crippen LogP contribution in [-0.2, 0) is 4.79 Å². The largest absolute Gasteiger partial charge is 0.369 e. The Morgan fingerprint density at radius 3 is 2.59 bits per heavy atom. The highest BCUT2D eigenvalue weighted by Gasteiger charge is 2.23. The van der Waals surface area contributed by atoms with Gasteiger partial charge in [0, 0.05) is 52.0 Å². The van der Waals surface area contributed by atoms with Crippen LogP contribution in [0.5, 0.6) is 0 Å². The number of anilines is 1. The molecule has 0 radical (unpaired) electrons. The number of rotatable bonds is 6. The normalized spacial score (nSPS) is 21.3. The average Bonchev–Trinajstić information content (AvgIpc) is 2.75. The number of hydrogen-bond donors (Lipinski definition) is 2. The first-order valence-corrected chi connectivity index (χ1v) is 10.5. The lowest BCUT2D eigenvalue weighted by Crippen LogP contribution is -2.52. The van der Waals surface area contributed by atoms with Crippen molar-refractivity contribution in [2.45, 2.75) is 19.3 Å². The number of carbonyl (C=O) groups excluding carboxylic acids is 1. The van der Waals surface area contributed by atoms with Gasteiger partial charge in [0.2, 0.25) is 5.91 Å². The molecule has 7 nitrogen and oxygen atoms in total. The summed E-state index contributed by atoms with van der Waals surface area (Å²) in [6.45, 7) is 7.17. The second kappa shape index (κ2) is 10.4. The van der Waals surface area contributed by atoms with E-state index in [1.165, 1.54) is 12.1 Å². The molecule has 2 saturated heterocycles. The molecule has 1 amide bonds. The number of hydrogen-bond acceptors (Lipinski definition) is 4. The van der Waals surface area contributed by atoms with Gasteiger partial charge in [-0.2, -0.15) is 0 Å². The molecule has 29 heavy (non-hydrogen) atoms. The number of nitrogens with two attached hydrogens (primary N) is 1. The predicted octanol–water partition coefficient (Wildman–Crippen LogP) is 1.11. The minimum absolute atomic E-state index is 0.00174. The van der Waals surface area contributed by atoms with Gasteiger partial charge in [0.25, 0.3) is 0 Å². The Balaban J connectivity index is 1.37. The van der Waals surface area contributed by atoms with Crippen LogP contribution in [0.15, 0.2) is 29.3 Å². The first-order chi connectivity index (χ1) is 14.1. The molecule has 0 bridgehead atoms. The summed E-state index contributed by atoms with van der Waals surface area (Å²) in [4.78, 5) is 22.7. The fourth-order valence-electron chi connectivity index (χ4n) is 4.15. The van der Waals surface area contributed by atoms with Crippen LogP contribution < -0.4 is 16.0 Å². The minimum Gasteiger partial charge on any atom is -0.369 e. The highest BCUT2D eigenvalue weighted by molar-refractivity contribution is 5.80. The van der Waals surface area contributed by atoms with E-state index in [1.54, 1.807) is 0 Å². The van der Waals surface area contributed by atoms with Gasteiger partial charge in [0.05, 0.1) is 5.92 Å². The summed E-state index contributed by atoms with van der Waals surface area (Å²) in [6.07, 6.45) is 2.96. The Morgan fingerprint density at radius 1 is 1.21 bits per heavy atom. The molecule has 3 rings (SSSR count). The number of halogens is 1. The zero-order valence-electron chi connectivity index (χ0n) is 17.3. The molecule has 0 saturated carbocycles. The lowest BCUT2D eigenvalue weighted by atomic mass is 9.97. The SMILES string of the molecule is CN=C(NCCCN1CCCC(C(N)=O)C1)N1CCN(c2ccc(F)cc2)CC1. The number of aliphatic imine (C=N–C) groups is 1. The number of nitrogens with zero attached hydrogens (tertiary/aromatic N) is 4. The third kappa shape index (κ3) is 6.06. The maximum Gasteiger partial charge on any atom is 0.221 e. The zero-order chi connectivity index (χ0) is 20.6. The van der Waals surface area contributed by atoms with E-state index in [2.05, 4.69) is 25.0 Å². The lowest BCUT2D eigenvalue weighted by Gasteiger charge is -2.37. The molecule has 160 valence electrons. The summed E-state index contributed by atoms with van der Waals surface area (Å²) in [5.41, 5.74) is 6.52. The molecular formula is C21H33FN6O. The van der Waals surface area contributed by atoms with Crippen molar-refractivity contribution < 1.29 is 9.18 Å². The molecule has 2 aliphatic rings. The van der Waals surface area contributed by atoms with Crippen molar-refractivity contribution in [1.29, 1.82) is 0 Å². The molecule has 2 fully saturated rings. The number of amides is 1. The van der Waals surface area contributed by atoms with E-state index in [0.29, 0.717) is 0 Å². The fraction of sp³-hybridized carbons (Fsp3) is 0.619. The summed E-state index contributed by atoms with van der Waals surface area (Å²) in [7, 11) is 1.82. The number of primary amides is 1. The highest BCUT2D eigenvalue weighted by Crippen LogP contribution is 2.17. The van der Waals surface area contributed by atoms with Crippen molar-refractivity contribution in [3.63, 3.8) is 0 Å². The molecule has 0 aliphatic carbocycles.